The van der Waals surface area contributed by atoms with Crippen LogP contribution < -0.4 is 0 Å². The largest absolute Gasteiger partial charge is 0.345 e. The van der Waals surface area contributed by atoms with Gasteiger partial charge < -0.3 is 9.97 Å². The highest BCUT2D eigenvalue weighted by Crippen LogP contribution is 2.24. The van der Waals surface area contributed by atoms with Gasteiger partial charge in [0.2, 0.25) is 0 Å². The summed E-state index contributed by atoms with van der Waals surface area (Å²) in [5.41, 5.74) is 6.95. The number of rotatable bonds is 2. The van der Waals surface area contributed by atoms with Crippen molar-refractivity contribution >= 4 is 22.1 Å². The number of hydrogen-bond donors (Lipinski definition) is 2. The number of nitrogens with one attached hydrogen (secondary N) is 2. The van der Waals surface area contributed by atoms with E-state index in [0.29, 0.717) is 0 Å². The topological polar surface area (TPSA) is 70.2 Å². The molecule has 5 heteroatoms. The molecule has 2 N–H and O–H groups in total. The number of aromatic amines is 2. The number of H-pyrrole nitrogens is 2. The third-order valence-electron chi connectivity index (χ3n) is 4.15. The summed E-state index contributed by atoms with van der Waals surface area (Å²) < 4.78 is 0. The molecular formula is C19H13N5. The molecule has 0 aliphatic carbocycles. The molecule has 5 rings (SSSR count). The van der Waals surface area contributed by atoms with Gasteiger partial charge in [-0.15, -0.1) is 0 Å². The molecule has 0 saturated heterocycles. The Bertz CT molecular complexity index is 1100. The second kappa shape index (κ2) is 5.03. The van der Waals surface area contributed by atoms with Gasteiger partial charge in [0.1, 0.15) is 5.69 Å². The monoisotopic (exact) mass is 311 g/mol. The van der Waals surface area contributed by atoms with Gasteiger partial charge in [0.25, 0.3) is 0 Å². The Labute approximate surface area is 137 Å². The first-order chi connectivity index (χ1) is 11.9. The number of pyridine rings is 1. The quantitative estimate of drug-likeness (QED) is 0.514. The number of nitrogens with zero attached hydrogens (tertiary/aromatic N) is 3. The number of aromatic nitrogens is 5. The number of fused-ring (bicyclic) bond motifs is 2. The molecule has 0 bridgehead atoms. The molecule has 0 saturated carbocycles. The molecule has 3 heterocycles. The van der Waals surface area contributed by atoms with Gasteiger partial charge >= 0.3 is 0 Å². The van der Waals surface area contributed by atoms with Crippen LogP contribution in [0.3, 0.4) is 0 Å². The van der Waals surface area contributed by atoms with Gasteiger partial charge in [-0.2, -0.15) is 0 Å². The third-order valence-corrected chi connectivity index (χ3v) is 4.15. The molecule has 0 radical (unpaired) electrons. The van der Waals surface area contributed by atoms with Crippen LogP contribution in [0.2, 0.25) is 0 Å². The normalized spacial score (nSPS) is 11.3. The van der Waals surface area contributed by atoms with Gasteiger partial charge in [0.05, 0.1) is 28.4 Å². The fourth-order valence-corrected chi connectivity index (χ4v) is 2.89. The molecule has 0 aliphatic heterocycles. The second-order valence-electron chi connectivity index (χ2n) is 5.67. The summed E-state index contributed by atoms with van der Waals surface area (Å²) in [6, 6.07) is 18.2. The maximum Gasteiger partial charge on any atom is 0.157 e. The van der Waals surface area contributed by atoms with Crippen molar-refractivity contribution in [2.45, 2.75) is 0 Å². The van der Waals surface area contributed by atoms with Crippen LogP contribution >= 0.6 is 0 Å². The van der Waals surface area contributed by atoms with Gasteiger partial charge in [0.15, 0.2) is 5.82 Å². The van der Waals surface area contributed by atoms with E-state index >= 15 is 0 Å². The summed E-state index contributed by atoms with van der Waals surface area (Å²) in [5.74, 6) is 0.784. The Morgan fingerprint density at radius 1 is 0.750 bits per heavy atom. The SMILES string of the molecule is c1ccc2[nH]c(-c3ccc(-c4ccc5nc[nH]c5c4)cn3)nc2c1. The van der Waals surface area contributed by atoms with E-state index in [1.165, 1.54) is 0 Å². The van der Waals surface area contributed by atoms with Crippen molar-refractivity contribution in [1.29, 1.82) is 0 Å². The van der Waals surface area contributed by atoms with Crippen LogP contribution in [0, 0.1) is 0 Å². The molecule has 3 aromatic heterocycles. The average Bonchev–Trinajstić information content (AvgIpc) is 3.27. The van der Waals surface area contributed by atoms with E-state index in [9.17, 15) is 0 Å². The first-order valence-corrected chi connectivity index (χ1v) is 7.71. The lowest BCUT2D eigenvalue weighted by molar-refractivity contribution is 1.24. The minimum absolute atomic E-state index is 0.784. The zero-order valence-corrected chi connectivity index (χ0v) is 12.7. The predicted octanol–water partition coefficient (Wildman–Crippen LogP) is 4.17. The molecule has 0 aliphatic rings. The van der Waals surface area contributed by atoms with Gasteiger partial charge in [0, 0.05) is 11.8 Å². The van der Waals surface area contributed by atoms with Crippen molar-refractivity contribution in [3.05, 3.63) is 67.1 Å². The Hall–Kier alpha value is -3.47. The molecule has 0 spiro atoms. The predicted molar refractivity (Wildman–Crippen MR) is 94.4 cm³/mol. The first kappa shape index (κ1) is 13.0. The number of hydrogen-bond acceptors (Lipinski definition) is 3. The van der Waals surface area contributed by atoms with Crippen molar-refractivity contribution in [2.75, 3.05) is 0 Å². The number of para-hydroxylation sites is 2. The van der Waals surface area contributed by atoms with Crippen molar-refractivity contribution in [3.8, 4) is 22.6 Å². The van der Waals surface area contributed by atoms with Gasteiger partial charge in [-0.25, -0.2) is 9.97 Å². The molecule has 0 unspecified atom stereocenters. The Morgan fingerprint density at radius 3 is 2.54 bits per heavy atom. The van der Waals surface area contributed by atoms with Crippen LogP contribution in [-0.2, 0) is 0 Å². The summed E-state index contributed by atoms with van der Waals surface area (Å²) in [6.07, 6.45) is 3.58. The van der Waals surface area contributed by atoms with E-state index in [1.54, 1.807) is 6.33 Å². The van der Waals surface area contributed by atoms with Gasteiger partial charge in [-0.05, 0) is 35.9 Å². The van der Waals surface area contributed by atoms with Crippen LogP contribution in [0.25, 0.3) is 44.7 Å². The highest BCUT2D eigenvalue weighted by atomic mass is 14.9. The summed E-state index contributed by atoms with van der Waals surface area (Å²) in [7, 11) is 0. The Kier molecular flexibility index (Phi) is 2.72. The highest BCUT2D eigenvalue weighted by Gasteiger charge is 2.07. The highest BCUT2D eigenvalue weighted by molar-refractivity contribution is 5.82. The summed E-state index contributed by atoms with van der Waals surface area (Å²) in [5, 5.41) is 0. The number of imidazole rings is 2. The first-order valence-electron chi connectivity index (χ1n) is 7.71. The zero-order valence-electron chi connectivity index (χ0n) is 12.7. The summed E-state index contributed by atoms with van der Waals surface area (Å²) in [4.78, 5) is 19.8. The standard InChI is InChI=1S/C19H13N5/c1-2-4-16-15(3-1)23-19(24-16)17-8-6-13(10-20-17)12-5-7-14-18(9-12)22-11-21-14/h1-11H,(H,21,22)(H,23,24). The smallest absolute Gasteiger partial charge is 0.157 e. The van der Waals surface area contributed by atoms with Gasteiger partial charge in [-0.3, -0.25) is 4.98 Å². The molecule has 0 atom stereocenters. The van der Waals surface area contributed by atoms with E-state index in [-0.39, 0.29) is 0 Å². The van der Waals surface area contributed by atoms with E-state index in [2.05, 4.69) is 43.1 Å². The molecule has 5 aromatic rings. The van der Waals surface area contributed by atoms with E-state index < -0.39 is 0 Å². The van der Waals surface area contributed by atoms with E-state index in [1.807, 2.05) is 42.6 Å². The maximum absolute atomic E-state index is 4.59. The Balaban J connectivity index is 1.54. The lowest BCUT2D eigenvalue weighted by Crippen LogP contribution is -1.87. The molecule has 5 nitrogen and oxygen atoms in total. The maximum atomic E-state index is 4.59. The fourth-order valence-electron chi connectivity index (χ4n) is 2.89. The van der Waals surface area contributed by atoms with Crippen LogP contribution in [0.4, 0.5) is 0 Å². The Morgan fingerprint density at radius 2 is 1.67 bits per heavy atom. The molecule has 114 valence electrons. The van der Waals surface area contributed by atoms with E-state index in [4.69, 9.17) is 0 Å². The molecule has 2 aromatic carbocycles. The van der Waals surface area contributed by atoms with Gasteiger partial charge in [-0.1, -0.05) is 24.3 Å². The molecule has 0 amide bonds. The summed E-state index contributed by atoms with van der Waals surface area (Å²) in [6.45, 7) is 0. The van der Waals surface area contributed by atoms with Crippen LogP contribution in [-0.4, -0.2) is 24.9 Å². The van der Waals surface area contributed by atoms with Crippen LogP contribution in [0.1, 0.15) is 0 Å². The molecular weight excluding hydrogens is 298 g/mol. The van der Waals surface area contributed by atoms with E-state index in [0.717, 1.165) is 44.7 Å². The summed E-state index contributed by atoms with van der Waals surface area (Å²) >= 11 is 0. The molecule has 0 fully saturated rings. The fraction of sp³-hybridized carbons (Fsp3) is 0. The minimum atomic E-state index is 0.784. The minimum Gasteiger partial charge on any atom is -0.345 e. The second-order valence-corrected chi connectivity index (χ2v) is 5.67. The average molecular weight is 311 g/mol. The van der Waals surface area contributed by atoms with Crippen molar-refractivity contribution in [3.63, 3.8) is 0 Å². The van der Waals surface area contributed by atoms with Crippen molar-refractivity contribution < 1.29 is 0 Å². The van der Waals surface area contributed by atoms with Crippen molar-refractivity contribution in [2.24, 2.45) is 0 Å². The zero-order chi connectivity index (χ0) is 15.9. The molecule has 24 heavy (non-hydrogen) atoms. The van der Waals surface area contributed by atoms with Crippen LogP contribution in [0.5, 0.6) is 0 Å². The number of benzene rings is 2. The van der Waals surface area contributed by atoms with Crippen LogP contribution in [0.15, 0.2) is 67.1 Å². The lowest BCUT2D eigenvalue weighted by Gasteiger charge is -2.02. The lowest BCUT2D eigenvalue weighted by atomic mass is 10.1. The van der Waals surface area contributed by atoms with Crippen molar-refractivity contribution in [1.82, 2.24) is 24.9 Å². The third kappa shape index (κ3) is 2.06.